The predicted molar refractivity (Wildman–Crippen MR) is 96.1 cm³/mol. The van der Waals surface area contributed by atoms with Crippen molar-refractivity contribution in [2.24, 2.45) is 5.41 Å². The van der Waals surface area contributed by atoms with E-state index in [1.165, 1.54) is 0 Å². The van der Waals surface area contributed by atoms with Crippen LogP contribution in [0.25, 0.3) is 0 Å². The van der Waals surface area contributed by atoms with Crippen LogP contribution in [-0.2, 0) is 4.79 Å². The lowest BCUT2D eigenvalue weighted by molar-refractivity contribution is -0.130. The highest BCUT2D eigenvalue weighted by atomic mass is 16.3. The fraction of sp³-hybridized carbons (Fsp3) is 0.700. The van der Waals surface area contributed by atoms with E-state index in [0.29, 0.717) is 5.92 Å². The minimum atomic E-state index is -0.547. The molecule has 1 aliphatic heterocycles. The fourth-order valence-corrected chi connectivity index (χ4v) is 4.34. The topological polar surface area (TPSA) is 53.4 Å². The molecule has 132 valence electrons. The SMILES string of the molecule is CCCC1(O)CCC2(CCN(c3ccc(C(C)C)nc3)C2=O)CC1. The first kappa shape index (κ1) is 17.4. The summed E-state index contributed by atoms with van der Waals surface area (Å²) in [6, 6.07) is 4.05. The van der Waals surface area contributed by atoms with E-state index in [2.05, 4.69) is 25.8 Å². The van der Waals surface area contributed by atoms with E-state index in [-0.39, 0.29) is 11.3 Å². The molecule has 1 aromatic heterocycles. The van der Waals surface area contributed by atoms with Gasteiger partial charge in [0, 0.05) is 12.2 Å². The van der Waals surface area contributed by atoms with Crippen LogP contribution in [0.15, 0.2) is 18.3 Å². The number of nitrogens with zero attached hydrogens (tertiary/aromatic N) is 2. The van der Waals surface area contributed by atoms with Crippen molar-refractivity contribution in [3.63, 3.8) is 0 Å². The molecule has 2 aliphatic rings. The summed E-state index contributed by atoms with van der Waals surface area (Å²) < 4.78 is 0. The van der Waals surface area contributed by atoms with Crippen molar-refractivity contribution >= 4 is 11.6 Å². The number of aromatic nitrogens is 1. The first-order valence-electron chi connectivity index (χ1n) is 9.39. The van der Waals surface area contributed by atoms with Crippen LogP contribution >= 0.6 is 0 Å². The number of aliphatic hydroxyl groups is 1. The van der Waals surface area contributed by atoms with E-state index in [4.69, 9.17) is 0 Å². The maximum Gasteiger partial charge on any atom is 0.233 e. The van der Waals surface area contributed by atoms with Crippen LogP contribution in [-0.4, -0.2) is 28.1 Å². The van der Waals surface area contributed by atoms with Gasteiger partial charge in [0.2, 0.25) is 5.91 Å². The first-order chi connectivity index (χ1) is 11.4. The minimum Gasteiger partial charge on any atom is -0.390 e. The maximum atomic E-state index is 13.1. The lowest BCUT2D eigenvalue weighted by atomic mass is 9.67. The van der Waals surface area contributed by atoms with Gasteiger partial charge in [0.1, 0.15) is 0 Å². The molecule has 0 unspecified atom stereocenters. The van der Waals surface area contributed by atoms with E-state index < -0.39 is 5.60 Å². The van der Waals surface area contributed by atoms with E-state index in [1.54, 1.807) is 0 Å². The summed E-state index contributed by atoms with van der Waals surface area (Å²) in [4.78, 5) is 19.5. The first-order valence-corrected chi connectivity index (χ1v) is 9.39. The molecule has 1 spiro atoms. The van der Waals surface area contributed by atoms with Crippen LogP contribution in [0, 0.1) is 5.41 Å². The van der Waals surface area contributed by atoms with E-state index in [9.17, 15) is 9.90 Å². The van der Waals surface area contributed by atoms with Crippen LogP contribution in [0.5, 0.6) is 0 Å². The number of carbonyl (C=O) groups excluding carboxylic acids is 1. The summed E-state index contributed by atoms with van der Waals surface area (Å²) in [5.74, 6) is 0.634. The average Bonchev–Trinajstić information content (AvgIpc) is 2.88. The maximum absolute atomic E-state index is 13.1. The highest BCUT2D eigenvalue weighted by Gasteiger charge is 2.51. The number of amides is 1. The van der Waals surface area contributed by atoms with Gasteiger partial charge in [0.15, 0.2) is 0 Å². The molecule has 1 saturated carbocycles. The smallest absolute Gasteiger partial charge is 0.233 e. The molecule has 0 radical (unpaired) electrons. The van der Waals surface area contributed by atoms with Crippen LogP contribution in [0.2, 0.25) is 0 Å². The molecule has 24 heavy (non-hydrogen) atoms. The summed E-state index contributed by atoms with van der Waals surface area (Å²) in [5.41, 5.74) is 1.17. The van der Waals surface area contributed by atoms with Crippen LogP contribution in [0.1, 0.15) is 77.3 Å². The van der Waals surface area contributed by atoms with Gasteiger partial charge in [-0.05, 0) is 56.6 Å². The summed E-state index contributed by atoms with van der Waals surface area (Å²) in [5, 5.41) is 10.6. The normalized spacial score (nSPS) is 30.5. The molecule has 2 fully saturated rings. The second-order valence-electron chi connectivity index (χ2n) is 8.06. The molecule has 1 amide bonds. The quantitative estimate of drug-likeness (QED) is 0.906. The third-order valence-electron chi connectivity index (χ3n) is 6.04. The van der Waals surface area contributed by atoms with Gasteiger partial charge in [-0.3, -0.25) is 9.78 Å². The predicted octanol–water partition coefficient (Wildman–Crippen LogP) is 4.03. The van der Waals surface area contributed by atoms with E-state index >= 15 is 0 Å². The van der Waals surface area contributed by atoms with Gasteiger partial charge in [-0.25, -0.2) is 0 Å². The van der Waals surface area contributed by atoms with Crippen molar-refractivity contribution in [3.8, 4) is 0 Å². The van der Waals surface area contributed by atoms with Crippen molar-refractivity contribution in [2.75, 3.05) is 11.4 Å². The molecular weight excluding hydrogens is 300 g/mol. The van der Waals surface area contributed by atoms with Gasteiger partial charge in [-0.2, -0.15) is 0 Å². The van der Waals surface area contributed by atoms with Crippen molar-refractivity contribution < 1.29 is 9.90 Å². The van der Waals surface area contributed by atoms with Crippen LogP contribution in [0.4, 0.5) is 5.69 Å². The molecule has 1 N–H and O–H groups in total. The zero-order valence-corrected chi connectivity index (χ0v) is 15.2. The third kappa shape index (κ3) is 3.08. The van der Waals surface area contributed by atoms with Crippen LogP contribution in [0.3, 0.4) is 0 Å². The van der Waals surface area contributed by atoms with Gasteiger partial charge in [0.05, 0.1) is 22.9 Å². The number of hydrogen-bond acceptors (Lipinski definition) is 3. The molecule has 0 bridgehead atoms. The zero-order chi connectivity index (χ0) is 17.4. The molecule has 4 nitrogen and oxygen atoms in total. The lowest BCUT2D eigenvalue weighted by Gasteiger charge is -2.40. The van der Waals surface area contributed by atoms with Gasteiger partial charge < -0.3 is 10.0 Å². The Labute approximate surface area is 145 Å². The highest BCUT2D eigenvalue weighted by Crippen LogP contribution is 2.49. The number of anilines is 1. The molecule has 1 aliphatic carbocycles. The minimum absolute atomic E-state index is 0.236. The molecule has 0 aromatic carbocycles. The van der Waals surface area contributed by atoms with Crippen LogP contribution < -0.4 is 4.90 Å². The molecule has 2 heterocycles. The van der Waals surface area contributed by atoms with Crippen molar-refractivity contribution in [3.05, 3.63) is 24.0 Å². The van der Waals surface area contributed by atoms with Gasteiger partial charge in [0.25, 0.3) is 0 Å². The fourth-order valence-electron chi connectivity index (χ4n) is 4.34. The number of pyridine rings is 1. The molecule has 1 saturated heterocycles. The summed E-state index contributed by atoms with van der Waals surface area (Å²) in [6.45, 7) is 7.13. The van der Waals surface area contributed by atoms with E-state index in [1.807, 2.05) is 23.2 Å². The van der Waals surface area contributed by atoms with Crippen molar-refractivity contribution in [1.29, 1.82) is 0 Å². The summed E-state index contributed by atoms with van der Waals surface area (Å²) in [6.07, 6.45) is 7.73. The molecule has 0 atom stereocenters. The second-order valence-corrected chi connectivity index (χ2v) is 8.06. The Morgan fingerprint density at radius 3 is 2.46 bits per heavy atom. The molecule has 1 aromatic rings. The van der Waals surface area contributed by atoms with Gasteiger partial charge in [-0.1, -0.05) is 27.2 Å². The largest absolute Gasteiger partial charge is 0.390 e. The Balaban J connectivity index is 1.71. The molecular formula is C20H30N2O2. The Hall–Kier alpha value is -1.42. The average molecular weight is 330 g/mol. The summed E-state index contributed by atoms with van der Waals surface area (Å²) in [7, 11) is 0. The van der Waals surface area contributed by atoms with Gasteiger partial charge in [-0.15, -0.1) is 0 Å². The Morgan fingerprint density at radius 2 is 1.92 bits per heavy atom. The van der Waals surface area contributed by atoms with E-state index in [0.717, 1.165) is 62.9 Å². The molecule has 3 rings (SSSR count). The zero-order valence-electron chi connectivity index (χ0n) is 15.2. The number of hydrogen-bond donors (Lipinski definition) is 1. The Morgan fingerprint density at radius 1 is 1.21 bits per heavy atom. The highest BCUT2D eigenvalue weighted by molar-refractivity contribution is 5.99. The number of carbonyl (C=O) groups is 1. The summed E-state index contributed by atoms with van der Waals surface area (Å²) >= 11 is 0. The second kappa shape index (κ2) is 6.47. The standard InChI is InChI=1S/C20H30N2O2/c1-4-7-20(24)10-8-19(9-11-20)12-13-22(18(19)23)16-5-6-17(15(2)3)21-14-16/h5-6,14-15,24H,4,7-13H2,1-3H3. The number of rotatable bonds is 4. The Kier molecular flexibility index (Phi) is 4.69. The Bertz CT molecular complexity index is 586. The monoisotopic (exact) mass is 330 g/mol. The van der Waals surface area contributed by atoms with Crippen molar-refractivity contribution in [2.45, 2.75) is 77.2 Å². The molecule has 4 heteroatoms. The lowest BCUT2D eigenvalue weighted by Crippen LogP contribution is -2.43. The van der Waals surface area contributed by atoms with Crippen molar-refractivity contribution in [1.82, 2.24) is 4.98 Å². The van der Waals surface area contributed by atoms with Gasteiger partial charge >= 0.3 is 0 Å². The third-order valence-corrected chi connectivity index (χ3v) is 6.04.